The smallest absolute Gasteiger partial charge is 0.341 e. The molecule has 1 aromatic rings. The Morgan fingerprint density at radius 2 is 1.90 bits per heavy atom. The molecule has 2 rings (SSSR count). The van der Waals surface area contributed by atoms with E-state index in [9.17, 15) is 24.6 Å². The molecule has 30 heavy (non-hydrogen) atoms. The van der Waals surface area contributed by atoms with Gasteiger partial charge < -0.3 is 24.1 Å². The first-order valence-corrected chi connectivity index (χ1v) is 9.85. The molecule has 0 unspecified atom stereocenters. The van der Waals surface area contributed by atoms with Crippen LogP contribution < -0.4 is 0 Å². The van der Waals surface area contributed by atoms with E-state index in [4.69, 9.17) is 13.9 Å². The van der Waals surface area contributed by atoms with Crippen molar-refractivity contribution in [1.82, 2.24) is 0 Å². The number of fused-ring (bicyclic) bond motifs is 2. The Hall–Kier alpha value is -2.45. The molecule has 2 heterocycles. The minimum atomic E-state index is -1.59. The van der Waals surface area contributed by atoms with Crippen molar-refractivity contribution in [3.63, 3.8) is 0 Å². The lowest BCUT2D eigenvalue weighted by molar-refractivity contribution is -0.155. The molecule has 2 N–H and O–H groups in total. The molecule has 8 heteroatoms. The average molecular weight is 422 g/mol. The Labute approximate surface area is 175 Å². The van der Waals surface area contributed by atoms with Gasteiger partial charge in [-0.25, -0.2) is 4.79 Å². The zero-order valence-corrected chi connectivity index (χ0v) is 17.9. The van der Waals surface area contributed by atoms with Gasteiger partial charge in [0.2, 0.25) is 0 Å². The zero-order valence-electron chi connectivity index (χ0n) is 17.9. The normalized spacial score (nSPS) is 27.9. The number of hydrogen-bond acceptors (Lipinski definition) is 8. The summed E-state index contributed by atoms with van der Waals surface area (Å²) < 4.78 is 15.5. The summed E-state index contributed by atoms with van der Waals surface area (Å²) in [6.45, 7) is 7.24. The number of rotatable bonds is 3. The Morgan fingerprint density at radius 3 is 2.47 bits per heavy atom. The fourth-order valence-electron chi connectivity index (χ4n) is 3.83. The summed E-state index contributed by atoms with van der Waals surface area (Å²) in [5.41, 5.74) is -0.499. The van der Waals surface area contributed by atoms with Crippen LogP contribution in [0.15, 0.2) is 22.6 Å². The second kappa shape index (κ2) is 9.57. The van der Waals surface area contributed by atoms with Gasteiger partial charge in [0.1, 0.15) is 23.2 Å². The maximum absolute atomic E-state index is 12.6. The molecule has 1 aliphatic heterocycles. The van der Waals surface area contributed by atoms with Crippen LogP contribution >= 0.6 is 0 Å². The SMILES string of the molecule is C=C(C)[C@@H]1CC[C@H](C(=O)OC)[C@@H](O)C(=O)C[C@](C)(O)Cc2cc(C(=O)OC)c(o2)C1. The van der Waals surface area contributed by atoms with E-state index < -0.39 is 41.8 Å². The Balaban J connectivity index is 2.50. The van der Waals surface area contributed by atoms with Gasteiger partial charge >= 0.3 is 11.9 Å². The van der Waals surface area contributed by atoms with E-state index in [-0.39, 0.29) is 24.3 Å². The largest absolute Gasteiger partial charge is 0.469 e. The number of esters is 2. The molecule has 2 bridgehead atoms. The highest BCUT2D eigenvalue weighted by Crippen LogP contribution is 2.31. The van der Waals surface area contributed by atoms with E-state index in [1.165, 1.54) is 27.2 Å². The van der Waals surface area contributed by atoms with Gasteiger partial charge in [-0.15, -0.1) is 0 Å². The van der Waals surface area contributed by atoms with Crippen LogP contribution in [0.25, 0.3) is 0 Å². The Kier molecular flexibility index (Phi) is 7.60. The highest BCUT2D eigenvalue weighted by Gasteiger charge is 2.38. The molecule has 0 aromatic carbocycles. The second-order valence-electron chi connectivity index (χ2n) is 8.26. The molecule has 1 aliphatic rings. The molecule has 0 aliphatic carbocycles. The quantitative estimate of drug-likeness (QED) is 0.560. The van der Waals surface area contributed by atoms with E-state index in [1.54, 1.807) is 0 Å². The number of ketones is 1. The number of methoxy groups -OCH3 is 2. The molecular weight excluding hydrogens is 392 g/mol. The molecule has 0 amide bonds. The highest BCUT2D eigenvalue weighted by molar-refractivity contribution is 5.91. The van der Waals surface area contributed by atoms with Crippen molar-refractivity contribution in [3.8, 4) is 0 Å². The summed E-state index contributed by atoms with van der Waals surface area (Å²) in [5.74, 6) is -2.45. The summed E-state index contributed by atoms with van der Waals surface area (Å²) in [7, 11) is 2.46. The maximum Gasteiger partial charge on any atom is 0.341 e. The van der Waals surface area contributed by atoms with E-state index in [1.807, 2.05) is 6.92 Å². The number of Topliss-reactive ketones (excluding diaryl/α,β-unsaturated/α-hetero) is 1. The number of carbonyl (C=O) groups is 3. The fraction of sp³-hybridized carbons (Fsp3) is 0.591. The molecular formula is C22H30O8. The third-order valence-corrected chi connectivity index (χ3v) is 5.55. The first-order valence-electron chi connectivity index (χ1n) is 9.85. The maximum atomic E-state index is 12.6. The lowest BCUT2D eigenvalue weighted by Crippen LogP contribution is -2.40. The molecule has 0 fully saturated rings. The molecule has 0 saturated heterocycles. The van der Waals surface area contributed by atoms with Gasteiger partial charge in [0.15, 0.2) is 5.78 Å². The third kappa shape index (κ3) is 5.58. The van der Waals surface area contributed by atoms with Crippen molar-refractivity contribution in [1.29, 1.82) is 0 Å². The van der Waals surface area contributed by atoms with Crippen molar-refractivity contribution >= 4 is 17.7 Å². The zero-order chi connectivity index (χ0) is 22.6. The first kappa shape index (κ1) is 23.8. The van der Waals surface area contributed by atoms with Gasteiger partial charge in [0, 0.05) is 19.3 Å². The molecule has 166 valence electrons. The molecule has 4 atom stereocenters. The molecule has 8 nitrogen and oxygen atoms in total. The molecule has 1 aromatic heterocycles. The second-order valence-corrected chi connectivity index (χ2v) is 8.26. The first-order chi connectivity index (χ1) is 14.0. The van der Waals surface area contributed by atoms with E-state index in [0.717, 1.165) is 5.57 Å². The van der Waals surface area contributed by atoms with E-state index in [0.29, 0.717) is 24.4 Å². The van der Waals surface area contributed by atoms with Gasteiger partial charge in [-0.2, -0.15) is 0 Å². The van der Waals surface area contributed by atoms with Gasteiger partial charge in [0.05, 0.1) is 25.7 Å². The van der Waals surface area contributed by atoms with Gasteiger partial charge in [-0.05, 0) is 38.7 Å². The summed E-state index contributed by atoms with van der Waals surface area (Å²) in [5, 5.41) is 21.3. The van der Waals surface area contributed by atoms with Gasteiger partial charge in [0.25, 0.3) is 0 Å². The molecule has 0 saturated carbocycles. The standard InChI is InChI=1S/C22H30O8/c1-12(2)13-6-7-15(20(25)28-4)19(24)17(23)11-22(3,27)10-14-9-16(21(26)29-5)18(8-13)30-14/h9,13,15,19,24,27H,1,6-8,10-11H2,2-5H3/t13-,15+,19-,22-/m1/s1. The van der Waals surface area contributed by atoms with Crippen molar-refractivity contribution in [2.45, 2.75) is 57.7 Å². The predicted molar refractivity (Wildman–Crippen MR) is 107 cm³/mol. The Bertz CT molecular complexity index is 819. The number of hydrogen-bond donors (Lipinski definition) is 2. The number of aliphatic hydroxyl groups is 2. The predicted octanol–water partition coefficient (Wildman–Crippen LogP) is 2.00. The van der Waals surface area contributed by atoms with Crippen LogP contribution in [-0.4, -0.2) is 53.9 Å². The minimum Gasteiger partial charge on any atom is -0.469 e. The van der Waals surface area contributed by atoms with Crippen LogP contribution in [0.5, 0.6) is 0 Å². The van der Waals surface area contributed by atoms with Crippen molar-refractivity contribution < 1.29 is 38.5 Å². The van der Waals surface area contributed by atoms with Crippen LogP contribution in [0.3, 0.4) is 0 Å². The van der Waals surface area contributed by atoms with E-state index in [2.05, 4.69) is 6.58 Å². The highest BCUT2D eigenvalue weighted by atomic mass is 16.5. The van der Waals surface area contributed by atoms with Crippen LogP contribution in [0, 0.1) is 11.8 Å². The van der Waals surface area contributed by atoms with Crippen LogP contribution in [0.1, 0.15) is 55.0 Å². The van der Waals surface area contributed by atoms with Crippen molar-refractivity contribution in [2.24, 2.45) is 11.8 Å². The average Bonchev–Trinajstić information content (AvgIpc) is 3.06. The third-order valence-electron chi connectivity index (χ3n) is 5.55. The van der Waals surface area contributed by atoms with Gasteiger partial charge in [-0.1, -0.05) is 12.2 Å². The van der Waals surface area contributed by atoms with Crippen molar-refractivity contribution in [2.75, 3.05) is 14.2 Å². The van der Waals surface area contributed by atoms with E-state index >= 15 is 0 Å². The number of allylic oxidation sites excluding steroid dienone is 1. The lowest BCUT2D eigenvalue weighted by atomic mass is 9.83. The van der Waals surface area contributed by atoms with Crippen molar-refractivity contribution in [3.05, 3.63) is 35.3 Å². The monoisotopic (exact) mass is 422 g/mol. The number of ether oxygens (including phenoxy) is 2. The molecule has 0 spiro atoms. The number of aliphatic hydroxyl groups excluding tert-OH is 1. The summed E-state index contributed by atoms with van der Waals surface area (Å²) >= 11 is 0. The van der Waals surface area contributed by atoms with Crippen LogP contribution in [0.4, 0.5) is 0 Å². The van der Waals surface area contributed by atoms with Crippen LogP contribution in [-0.2, 0) is 31.9 Å². The molecule has 0 radical (unpaired) electrons. The van der Waals surface area contributed by atoms with Crippen LogP contribution in [0.2, 0.25) is 0 Å². The lowest BCUT2D eigenvalue weighted by Gasteiger charge is -2.26. The number of furan rings is 1. The summed E-state index contributed by atoms with van der Waals surface area (Å²) in [6.07, 6.45) is -1.15. The topological polar surface area (TPSA) is 123 Å². The Morgan fingerprint density at radius 1 is 1.23 bits per heavy atom. The minimum absolute atomic E-state index is 0.0594. The fourth-order valence-corrected chi connectivity index (χ4v) is 3.83. The summed E-state index contributed by atoms with van der Waals surface area (Å²) in [4.78, 5) is 37.1. The number of carbonyl (C=O) groups excluding carboxylic acids is 3. The van der Waals surface area contributed by atoms with Gasteiger partial charge in [-0.3, -0.25) is 9.59 Å². The summed E-state index contributed by atoms with van der Waals surface area (Å²) in [6, 6.07) is 1.51.